The zero-order valence-electron chi connectivity index (χ0n) is 14.9. The Labute approximate surface area is 153 Å². The molecule has 2 aromatic carbocycles. The second kappa shape index (κ2) is 7.37. The summed E-state index contributed by atoms with van der Waals surface area (Å²) in [5.41, 5.74) is 3.14. The molecule has 0 unspecified atom stereocenters. The maximum Gasteiger partial charge on any atom is 0.251 e. The molecule has 138 valence electrons. The van der Waals surface area contributed by atoms with E-state index in [1.165, 1.54) is 4.31 Å². The lowest BCUT2D eigenvalue weighted by atomic mass is 10.1. The molecule has 6 nitrogen and oxygen atoms in total. The van der Waals surface area contributed by atoms with Gasteiger partial charge in [0.05, 0.1) is 18.6 Å². The van der Waals surface area contributed by atoms with Crippen molar-refractivity contribution < 1.29 is 17.9 Å². The molecule has 0 atom stereocenters. The minimum atomic E-state index is -3.48. The van der Waals surface area contributed by atoms with Crippen molar-refractivity contribution in [3.63, 3.8) is 0 Å². The summed E-state index contributed by atoms with van der Waals surface area (Å²) >= 11 is 0. The number of sulfonamides is 1. The number of amides is 1. The number of ether oxygens (including phenoxy) is 1. The highest BCUT2D eigenvalue weighted by atomic mass is 32.2. The first-order valence-corrected chi connectivity index (χ1v) is 10.0. The number of hydrogen-bond acceptors (Lipinski definition) is 4. The van der Waals surface area contributed by atoms with Crippen LogP contribution in [-0.4, -0.2) is 40.3 Å². The average Bonchev–Trinajstić information content (AvgIpc) is 3.07. The molecule has 1 aliphatic heterocycles. The molecule has 0 aromatic heterocycles. The fourth-order valence-electron chi connectivity index (χ4n) is 3.06. The van der Waals surface area contributed by atoms with Crippen LogP contribution in [0.3, 0.4) is 0 Å². The van der Waals surface area contributed by atoms with Crippen molar-refractivity contribution in [3.8, 4) is 5.75 Å². The number of benzene rings is 2. The fraction of sp³-hybridized carbons (Fsp3) is 0.316. The standard InChI is InChI=1S/C19H22N2O4S/c1-14-7-8-16(13-18(14)25-2)19(22)20-10-12-26(23,24)21-11-9-15-5-3-4-6-17(15)21/h3-8,13H,9-12H2,1-2H3,(H,20,22). The van der Waals surface area contributed by atoms with E-state index in [0.717, 1.165) is 16.8 Å². The van der Waals surface area contributed by atoms with Gasteiger partial charge in [-0.25, -0.2) is 8.42 Å². The van der Waals surface area contributed by atoms with Gasteiger partial charge in [0.25, 0.3) is 5.91 Å². The molecule has 26 heavy (non-hydrogen) atoms. The van der Waals surface area contributed by atoms with E-state index in [2.05, 4.69) is 5.32 Å². The first-order valence-electron chi connectivity index (χ1n) is 8.43. The molecule has 1 amide bonds. The number of hydrogen-bond donors (Lipinski definition) is 1. The van der Waals surface area contributed by atoms with Crippen LogP contribution in [-0.2, 0) is 16.4 Å². The third-order valence-electron chi connectivity index (χ3n) is 4.50. The Balaban J connectivity index is 1.62. The lowest BCUT2D eigenvalue weighted by Crippen LogP contribution is -2.37. The Morgan fingerprint density at radius 2 is 2.00 bits per heavy atom. The summed E-state index contributed by atoms with van der Waals surface area (Å²) in [7, 11) is -1.93. The predicted molar refractivity (Wildman–Crippen MR) is 101 cm³/mol. The van der Waals surface area contributed by atoms with Gasteiger partial charge in [-0.1, -0.05) is 24.3 Å². The van der Waals surface area contributed by atoms with Gasteiger partial charge in [0.1, 0.15) is 5.75 Å². The Morgan fingerprint density at radius 3 is 2.77 bits per heavy atom. The number of carbonyl (C=O) groups is 1. The van der Waals surface area contributed by atoms with Crippen molar-refractivity contribution in [2.75, 3.05) is 30.3 Å². The molecule has 0 fully saturated rings. The molecule has 1 heterocycles. The lowest BCUT2D eigenvalue weighted by molar-refractivity contribution is 0.0956. The smallest absolute Gasteiger partial charge is 0.251 e. The number of aryl methyl sites for hydroxylation is 1. The Bertz CT molecular complexity index is 925. The van der Waals surface area contributed by atoms with E-state index in [1.54, 1.807) is 25.3 Å². The summed E-state index contributed by atoms with van der Waals surface area (Å²) in [6.07, 6.45) is 0.713. The molecular formula is C19H22N2O4S. The molecule has 1 N–H and O–H groups in total. The highest BCUT2D eigenvalue weighted by Crippen LogP contribution is 2.29. The maximum atomic E-state index is 12.6. The summed E-state index contributed by atoms with van der Waals surface area (Å²) in [5.74, 6) is 0.162. The van der Waals surface area contributed by atoms with Crippen LogP contribution in [0.1, 0.15) is 21.5 Å². The number of nitrogens with zero attached hydrogens (tertiary/aromatic N) is 1. The van der Waals surface area contributed by atoms with Gasteiger partial charge in [0, 0.05) is 18.7 Å². The largest absolute Gasteiger partial charge is 0.496 e. The number of methoxy groups -OCH3 is 1. The van der Waals surface area contributed by atoms with Gasteiger partial charge in [-0.05, 0) is 42.7 Å². The zero-order chi connectivity index (χ0) is 18.7. The lowest BCUT2D eigenvalue weighted by Gasteiger charge is -2.19. The van der Waals surface area contributed by atoms with E-state index in [4.69, 9.17) is 4.74 Å². The zero-order valence-corrected chi connectivity index (χ0v) is 15.7. The van der Waals surface area contributed by atoms with Crippen molar-refractivity contribution in [3.05, 3.63) is 59.2 Å². The first-order chi connectivity index (χ1) is 12.4. The molecule has 0 saturated carbocycles. The Morgan fingerprint density at radius 1 is 1.23 bits per heavy atom. The van der Waals surface area contributed by atoms with Gasteiger partial charge in [0.15, 0.2) is 0 Å². The van der Waals surface area contributed by atoms with Gasteiger partial charge >= 0.3 is 0 Å². The summed E-state index contributed by atoms with van der Waals surface area (Å²) in [6.45, 7) is 2.39. The fourth-order valence-corrected chi connectivity index (χ4v) is 4.49. The SMILES string of the molecule is COc1cc(C(=O)NCCS(=O)(=O)N2CCc3ccccc32)ccc1C. The molecule has 7 heteroatoms. The number of rotatable bonds is 6. The van der Waals surface area contributed by atoms with Gasteiger partial charge in [-0.3, -0.25) is 9.10 Å². The minimum Gasteiger partial charge on any atom is -0.496 e. The molecule has 0 aliphatic carbocycles. The summed E-state index contributed by atoms with van der Waals surface area (Å²) in [4.78, 5) is 12.3. The molecular weight excluding hydrogens is 352 g/mol. The predicted octanol–water partition coefficient (Wildman–Crippen LogP) is 2.13. The van der Waals surface area contributed by atoms with Crippen LogP contribution in [0.4, 0.5) is 5.69 Å². The maximum absolute atomic E-state index is 12.6. The van der Waals surface area contributed by atoms with E-state index in [9.17, 15) is 13.2 Å². The van der Waals surface area contributed by atoms with Gasteiger partial charge < -0.3 is 10.1 Å². The van der Waals surface area contributed by atoms with E-state index >= 15 is 0 Å². The molecule has 1 aliphatic rings. The third-order valence-corrected chi connectivity index (χ3v) is 6.27. The van der Waals surface area contributed by atoms with Gasteiger partial charge in [-0.2, -0.15) is 0 Å². The van der Waals surface area contributed by atoms with Crippen LogP contribution in [0.25, 0.3) is 0 Å². The van der Waals surface area contributed by atoms with Crippen molar-refractivity contribution in [2.45, 2.75) is 13.3 Å². The van der Waals surface area contributed by atoms with Gasteiger partial charge in [0.2, 0.25) is 10.0 Å². The Hall–Kier alpha value is -2.54. The Kier molecular flexibility index (Phi) is 5.18. The number of nitrogens with one attached hydrogen (secondary N) is 1. The normalized spacial score (nSPS) is 13.4. The monoisotopic (exact) mass is 374 g/mol. The number of anilines is 1. The molecule has 2 aromatic rings. The molecule has 0 spiro atoms. The van der Waals surface area contributed by atoms with Crippen molar-refractivity contribution in [2.24, 2.45) is 0 Å². The molecule has 0 radical (unpaired) electrons. The summed E-state index contributed by atoms with van der Waals surface area (Å²) in [6, 6.07) is 12.6. The van der Waals surface area contributed by atoms with Crippen LogP contribution in [0.5, 0.6) is 5.75 Å². The van der Waals surface area contributed by atoms with Crippen LogP contribution >= 0.6 is 0 Å². The van der Waals surface area contributed by atoms with Crippen LogP contribution in [0, 0.1) is 6.92 Å². The van der Waals surface area contributed by atoms with Crippen molar-refractivity contribution in [1.29, 1.82) is 0 Å². The van der Waals surface area contributed by atoms with Crippen molar-refractivity contribution in [1.82, 2.24) is 5.32 Å². The minimum absolute atomic E-state index is 0.0516. The van der Waals surface area contributed by atoms with Crippen molar-refractivity contribution >= 4 is 21.6 Å². The van der Waals surface area contributed by atoms with E-state index in [1.807, 2.05) is 31.2 Å². The van der Waals surface area contributed by atoms with Gasteiger partial charge in [-0.15, -0.1) is 0 Å². The second-order valence-electron chi connectivity index (χ2n) is 6.21. The second-order valence-corrected chi connectivity index (χ2v) is 8.22. The molecule has 0 bridgehead atoms. The number of carbonyl (C=O) groups excluding carboxylic acids is 1. The van der Waals surface area contributed by atoms with E-state index < -0.39 is 10.0 Å². The number of para-hydroxylation sites is 1. The van der Waals surface area contributed by atoms with E-state index in [-0.39, 0.29) is 18.2 Å². The van der Waals surface area contributed by atoms with Crippen LogP contribution in [0.2, 0.25) is 0 Å². The quantitative estimate of drug-likeness (QED) is 0.840. The topological polar surface area (TPSA) is 75.7 Å². The molecule has 3 rings (SSSR count). The summed E-state index contributed by atoms with van der Waals surface area (Å²) < 4.78 is 31.9. The number of fused-ring (bicyclic) bond motifs is 1. The third kappa shape index (κ3) is 3.67. The molecule has 0 saturated heterocycles. The van der Waals surface area contributed by atoms with Crippen LogP contribution < -0.4 is 14.4 Å². The van der Waals surface area contributed by atoms with E-state index in [0.29, 0.717) is 24.3 Å². The average molecular weight is 374 g/mol. The van der Waals surface area contributed by atoms with Crippen LogP contribution in [0.15, 0.2) is 42.5 Å². The first kappa shape index (κ1) is 18.3. The highest BCUT2D eigenvalue weighted by molar-refractivity contribution is 7.92. The highest BCUT2D eigenvalue weighted by Gasteiger charge is 2.28. The summed E-state index contributed by atoms with van der Waals surface area (Å²) in [5, 5.41) is 2.67.